The van der Waals surface area contributed by atoms with Crippen LogP contribution in [0.1, 0.15) is 65.4 Å². The monoisotopic (exact) mass is 463 g/mol. The Balaban J connectivity index is 1.39. The lowest BCUT2D eigenvalue weighted by Crippen LogP contribution is -2.80. The first kappa shape index (κ1) is 20.8. The molecule has 6 heterocycles. The third-order valence-corrected chi connectivity index (χ3v) is 10.1. The number of carbonyl (C=O) groups is 2. The van der Waals surface area contributed by atoms with E-state index in [0.29, 0.717) is 23.6 Å². The molecule has 4 saturated heterocycles. The number of benzene rings is 1. The Morgan fingerprint density at radius 2 is 1.91 bits per heavy atom. The Kier molecular flexibility index (Phi) is 3.66. The van der Waals surface area contributed by atoms with Crippen LogP contribution >= 0.6 is 0 Å². The van der Waals surface area contributed by atoms with Crippen molar-refractivity contribution in [2.75, 3.05) is 18.4 Å². The normalized spacial score (nSPS) is 40.3. The van der Waals surface area contributed by atoms with E-state index in [1.807, 2.05) is 32.1 Å². The Morgan fingerprint density at radius 1 is 1.09 bits per heavy atom. The molecule has 7 nitrogen and oxygen atoms in total. The van der Waals surface area contributed by atoms with Gasteiger partial charge in [-0.15, -0.1) is 0 Å². The quantitative estimate of drug-likeness (QED) is 0.616. The van der Waals surface area contributed by atoms with Crippen LogP contribution in [0.2, 0.25) is 0 Å². The van der Waals surface area contributed by atoms with Crippen molar-refractivity contribution in [2.24, 2.45) is 11.3 Å². The van der Waals surface area contributed by atoms with Gasteiger partial charge in [0, 0.05) is 6.54 Å². The van der Waals surface area contributed by atoms with E-state index in [1.54, 1.807) is 6.26 Å². The summed E-state index contributed by atoms with van der Waals surface area (Å²) < 4.78 is 12.2. The molecule has 2 amide bonds. The highest BCUT2D eigenvalue weighted by Crippen LogP contribution is 2.70. The third-order valence-electron chi connectivity index (χ3n) is 10.1. The molecule has 8 rings (SSSR count). The van der Waals surface area contributed by atoms with Gasteiger partial charge in [-0.05, 0) is 81.5 Å². The molecule has 2 bridgehead atoms. The first-order valence-electron chi connectivity index (χ1n) is 12.6. The molecular formula is C27H33N3O4. The summed E-state index contributed by atoms with van der Waals surface area (Å²) in [5, 5.41) is 6.70. The molecule has 0 aromatic heterocycles. The lowest BCUT2D eigenvalue weighted by Gasteiger charge is -2.63. The summed E-state index contributed by atoms with van der Waals surface area (Å²) >= 11 is 0. The van der Waals surface area contributed by atoms with Gasteiger partial charge in [0.15, 0.2) is 11.5 Å². The van der Waals surface area contributed by atoms with Crippen molar-refractivity contribution in [3.63, 3.8) is 0 Å². The number of carbonyl (C=O) groups excluding carboxylic acids is 2. The summed E-state index contributed by atoms with van der Waals surface area (Å²) in [7, 11) is 0. The number of nitrogens with one attached hydrogen (secondary N) is 2. The average molecular weight is 464 g/mol. The lowest BCUT2D eigenvalue weighted by molar-refractivity contribution is -0.167. The molecule has 1 aromatic rings. The Morgan fingerprint density at radius 3 is 2.74 bits per heavy atom. The summed E-state index contributed by atoms with van der Waals surface area (Å²) in [5.74, 6) is 1.60. The van der Waals surface area contributed by atoms with Crippen LogP contribution in [-0.2, 0) is 15.0 Å². The number of piperidine rings is 3. The van der Waals surface area contributed by atoms with Gasteiger partial charge < -0.3 is 20.1 Å². The summed E-state index contributed by atoms with van der Waals surface area (Å²) in [4.78, 5) is 30.0. The second-order valence-corrected chi connectivity index (χ2v) is 12.5. The minimum atomic E-state index is -0.746. The molecule has 6 aliphatic heterocycles. The van der Waals surface area contributed by atoms with Gasteiger partial charge in [0.05, 0.1) is 22.9 Å². The smallest absolute Gasteiger partial charge is 0.241 e. The van der Waals surface area contributed by atoms with Gasteiger partial charge in [0.1, 0.15) is 11.1 Å². The minimum Gasteiger partial charge on any atom is -0.480 e. The fraction of sp³-hybridized carbons (Fsp3) is 0.630. The number of hydrogen-bond acceptors (Lipinski definition) is 5. The highest BCUT2D eigenvalue weighted by molar-refractivity contribution is 6.09. The number of amides is 2. The molecule has 7 heteroatoms. The molecule has 2 N–H and O–H groups in total. The van der Waals surface area contributed by atoms with E-state index < -0.39 is 22.1 Å². The van der Waals surface area contributed by atoms with E-state index in [2.05, 4.69) is 29.4 Å². The molecule has 1 aliphatic carbocycles. The lowest BCUT2D eigenvalue weighted by atomic mass is 9.56. The first-order valence-corrected chi connectivity index (χ1v) is 12.6. The molecule has 0 radical (unpaired) electrons. The molecule has 7 aliphatic rings. The van der Waals surface area contributed by atoms with E-state index in [4.69, 9.17) is 9.47 Å². The van der Waals surface area contributed by atoms with Gasteiger partial charge in [-0.2, -0.15) is 0 Å². The zero-order valence-electron chi connectivity index (χ0n) is 20.4. The molecule has 180 valence electrons. The van der Waals surface area contributed by atoms with Crippen molar-refractivity contribution in [3.05, 3.63) is 30.0 Å². The maximum atomic E-state index is 14.0. The SMILES string of the molecule is CC1(C)C=COc2c(ccc3c2NC(=O)[C@]32C[C@]34CN5CCCC[C@@]5(C[C@H]3C2(C)C)C(=O)N4)O1. The predicted molar refractivity (Wildman–Crippen MR) is 127 cm³/mol. The van der Waals surface area contributed by atoms with Gasteiger partial charge in [0.25, 0.3) is 0 Å². The summed E-state index contributed by atoms with van der Waals surface area (Å²) in [6, 6.07) is 3.99. The summed E-state index contributed by atoms with van der Waals surface area (Å²) in [6.45, 7) is 10.2. The van der Waals surface area contributed by atoms with Crippen LogP contribution in [0.25, 0.3) is 0 Å². The van der Waals surface area contributed by atoms with Crippen LogP contribution < -0.4 is 20.1 Å². The topological polar surface area (TPSA) is 79.9 Å². The van der Waals surface area contributed by atoms with Crippen LogP contribution in [-0.4, -0.2) is 46.5 Å². The van der Waals surface area contributed by atoms with Crippen LogP contribution in [0.3, 0.4) is 0 Å². The van der Waals surface area contributed by atoms with Crippen LogP contribution in [0, 0.1) is 11.3 Å². The van der Waals surface area contributed by atoms with Gasteiger partial charge >= 0.3 is 0 Å². The van der Waals surface area contributed by atoms with Crippen LogP contribution in [0.4, 0.5) is 5.69 Å². The number of hydrogen-bond donors (Lipinski definition) is 2. The first-order chi connectivity index (χ1) is 16.0. The van der Waals surface area contributed by atoms with E-state index in [1.165, 1.54) is 0 Å². The number of fused-ring (bicyclic) bond motifs is 5. The number of ether oxygens (including phenoxy) is 2. The maximum absolute atomic E-state index is 14.0. The van der Waals surface area contributed by atoms with Crippen molar-refractivity contribution in [1.29, 1.82) is 0 Å². The zero-order chi connectivity index (χ0) is 23.7. The standard InChI is InChI=1S/C27H33N3O4/c1-23(2)10-12-33-20-17(34-23)8-7-16-19(20)28-22(32)27(16)14-25-15-30-11-6-5-9-26(30,21(31)29-25)13-18(25)24(27,3)4/h7-8,10,12,18H,5-6,9,11,13-15H2,1-4H3,(H,28,32)(H,29,31)/t18-,25-,26+,27-/m0/s1. The van der Waals surface area contributed by atoms with E-state index in [-0.39, 0.29) is 23.1 Å². The second-order valence-electron chi connectivity index (χ2n) is 12.5. The molecule has 1 aromatic carbocycles. The van der Waals surface area contributed by atoms with E-state index in [0.717, 1.165) is 44.3 Å². The van der Waals surface area contributed by atoms with Crippen molar-refractivity contribution in [3.8, 4) is 11.5 Å². The number of piperazine rings is 1. The van der Waals surface area contributed by atoms with Crippen molar-refractivity contribution < 1.29 is 19.1 Å². The molecular weight excluding hydrogens is 430 g/mol. The highest BCUT2D eigenvalue weighted by Gasteiger charge is 2.77. The average Bonchev–Trinajstić information content (AvgIpc) is 3.07. The van der Waals surface area contributed by atoms with Crippen molar-refractivity contribution >= 4 is 17.5 Å². The molecule has 4 atom stereocenters. The van der Waals surface area contributed by atoms with Gasteiger partial charge in [-0.3, -0.25) is 14.5 Å². The molecule has 0 unspecified atom stereocenters. The number of anilines is 1. The van der Waals surface area contributed by atoms with E-state index >= 15 is 0 Å². The summed E-state index contributed by atoms with van der Waals surface area (Å²) in [6.07, 6.45) is 8.11. The van der Waals surface area contributed by atoms with Crippen LogP contribution in [0.15, 0.2) is 24.5 Å². The second kappa shape index (κ2) is 5.99. The van der Waals surface area contributed by atoms with Gasteiger partial charge in [0.2, 0.25) is 11.8 Å². The molecule has 1 saturated carbocycles. The molecule has 3 spiro atoms. The Labute approximate surface area is 200 Å². The zero-order valence-corrected chi connectivity index (χ0v) is 20.4. The van der Waals surface area contributed by atoms with E-state index in [9.17, 15) is 9.59 Å². The summed E-state index contributed by atoms with van der Waals surface area (Å²) in [5.41, 5.74) is -0.726. The molecule has 34 heavy (non-hydrogen) atoms. The Bertz CT molecular complexity index is 1190. The fourth-order valence-corrected chi connectivity index (χ4v) is 8.51. The maximum Gasteiger partial charge on any atom is 0.241 e. The van der Waals surface area contributed by atoms with Gasteiger partial charge in [-0.1, -0.05) is 19.9 Å². The minimum absolute atomic E-state index is 0.00827. The fourth-order valence-electron chi connectivity index (χ4n) is 8.51. The highest BCUT2D eigenvalue weighted by atomic mass is 16.5. The predicted octanol–water partition coefficient (Wildman–Crippen LogP) is 3.48. The van der Waals surface area contributed by atoms with Crippen LogP contribution in [0.5, 0.6) is 11.5 Å². The Hall–Kier alpha value is -2.54. The van der Waals surface area contributed by atoms with Crippen molar-refractivity contribution in [1.82, 2.24) is 10.2 Å². The number of rotatable bonds is 0. The third kappa shape index (κ3) is 2.19. The van der Waals surface area contributed by atoms with Gasteiger partial charge in [-0.25, -0.2) is 0 Å². The van der Waals surface area contributed by atoms with Crippen molar-refractivity contribution in [2.45, 2.75) is 81.9 Å². The molecule has 5 fully saturated rings. The largest absolute Gasteiger partial charge is 0.480 e. The number of nitrogens with zero attached hydrogens (tertiary/aromatic N) is 1.